The second-order valence-electron chi connectivity index (χ2n) is 8.62. The van der Waals surface area contributed by atoms with Gasteiger partial charge in [0.15, 0.2) is 0 Å². The van der Waals surface area contributed by atoms with Crippen LogP contribution in [0.25, 0.3) is 22.2 Å². The fourth-order valence-corrected chi connectivity index (χ4v) is 4.61. The molecule has 0 aliphatic carbocycles. The van der Waals surface area contributed by atoms with Crippen molar-refractivity contribution in [2.75, 3.05) is 13.1 Å². The first-order chi connectivity index (χ1) is 14.6. The number of alkyl halides is 3. The SMILES string of the molecule is Cc1cc(-c2[nH]c3ccc(C4CCN(C(=O)C(F)(F)F)CC4)cc3c2C(C)C)ccn1. The highest BCUT2D eigenvalue weighted by Crippen LogP contribution is 2.38. The molecular formula is C24H26F3N3O. The number of aromatic nitrogens is 2. The molecule has 4 rings (SSSR count). The van der Waals surface area contributed by atoms with E-state index in [4.69, 9.17) is 0 Å². The lowest BCUT2D eigenvalue weighted by atomic mass is 9.87. The van der Waals surface area contributed by atoms with Crippen molar-refractivity contribution in [3.63, 3.8) is 0 Å². The molecule has 1 aromatic carbocycles. The Morgan fingerprint density at radius 1 is 1.16 bits per heavy atom. The maximum absolute atomic E-state index is 12.7. The number of nitrogens with zero attached hydrogens (tertiary/aromatic N) is 2. The Kier molecular flexibility index (Phi) is 5.54. The lowest BCUT2D eigenvalue weighted by Crippen LogP contribution is -2.45. The van der Waals surface area contributed by atoms with Gasteiger partial charge in [-0.05, 0) is 67.0 Å². The van der Waals surface area contributed by atoms with Gasteiger partial charge in [0.1, 0.15) is 0 Å². The molecular weight excluding hydrogens is 403 g/mol. The van der Waals surface area contributed by atoms with Crippen molar-refractivity contribution < 1.29 is 18.0 Å². The molecule has 1 saturated heterocycles. The molecule has 1 N–H and O–H groups in total. The summed E-state index contributed by atoms with van der Waals surface area (Å²) in [5.41, 5.74) is 6.51. The number of amides is 1. The first kappa shape index (κ1) is 21.4. The van der Waals surface area contributed by atoms with Gasteiger partial charge in [-0.2, -0.15) is 13.2 Å². The van der Waals surface area contributed by atoms with Crippen LogP contribution in [0, 0.1) is 6.92 Å². The van der Waals surface area contributed by atoms with Crippen molar-refractivity contribution in [3.8, 4) is 11.3 Å². The van der Waals surface area contributed by atoms with Crippen LogP contribution in [0.15, 0.2) is 36.5 Å². The molecule has 0 saturated carbocycles. The van der Waals surface area contributed by atoms with Gasteiger partial charge in [0.2, 0.25) is 0 Å². The van der Waals surface area contributed by atoms with E-state index in [0.29, 0.717) is 18.8 Å². The summed E-state index contributed by atoms with van der Waals surface area (Å²) in [7, 11) is 0. The van der Waals surface area contributed by atoms with E-state index in [0.717, 1.165) is 38.3 Å². The number of aromatic amines is 1. The zero-order chi connectivity index (χ0) is 22.3. The number of pyridine rings is 1. The predicted octanol–water partition coefficient (Wildman–Crippen LogP) is 5.93. The molecule has 31 heavy (non-hydrogen) atoms. The lowest BCUT2D eigenvalue weighted by molar-refractivity contribution is -0.186. The fourth-order valence-electron chi connectivity index (χ4n) is 4.61. The van der Waals surface area contributed by atoms with Crippen molar-refractivity contribution in [1.29, 1.82) is 0 Å². The van der Waals surface area contributed by atoms with E-state index in [1.54, 1.807) is 0 Å². The molecule has 0 radical (unpaired) electrons. The van der Waals surface area contributed by atoms with Crippen LogP contribution in [0.2, 0.25) is 0 Å². The summed E-state index contributed by atoms with van der Waals surface area (Å²) in [6, 6.07) is 10.3. The second kappa shape index (κ2) is 8.02. The average molecular weight is 429 g/mol. The van der Waals surface area contributed by atoms with Crippen molar-refractivity contribution >= 4 is 16.8 Å². The molecule has 4 nitrogen and oxygen atoms in total. The van der Waals surface area contributed by atoms with Gasteiger partial charge >= 0.3 is 12.1 Å². The van der Waals surface area contributed by atoms with E-state index in [1.807, 2.05) is 19.2 Å². The summed E-state index contributed by atoms with van der Waals surface area (Å²) in [6.07, 6.45) is -1.93. The van der Waals surface area contributed by atoms with Crippen LogP contribution in [0.4, 0.5) is 13.2 Å². The van der Waals surface area contributed by atoms with Crippen molar-refractivity contribution in [3.05, 3.63) is 53.3 Å². The molecule has 2 aromatic heterocycles. The molecule has 0 unspecified atom stereocenters. The first-order valence-corrected chi connectivity index (χ1v) is 10.6. The minimum Gasteiger partial charge on any atom is -0.354 e. The summed E-state index contributed by atoms with van der Waals surface area (Å²) >= 11 is 0. The minimum atomic E-state index is -4.80. The molecule has 0 bridgehead atoms. The second-order valence-corrected chi connectivity index (χ2v) is 8.62. The molecule has 164 valence electrons. The van der Waals surface area contributed by atoms with E-state index in [2.05, 4.69) is 48.1 Å². The number of H-pyrrole nitrogens is 1. The first-order valence-electron chi connectivity index (χ1n) is 10.6. The van der Waals surface area contributed by atoms with Crippen molar-refractivity contribution in [2.24, 2.45) is 0 Å². The zero-order valence-electron chi connectivity index (χ0n) is 17.9. The lowest BCUT2D eigenvalue weighted by Gasteiger charge is -2.32. The number of fused-ring (bicyclic) bond motifs is 1. The number of carbonyl (C=O) groups is 1. The Morgan fingerprint density at radius 2 is 1.87 bits per heavy atom. The average Bonchev–Trinajstić information content (AvgIpc) is 3.12. The largest absolute Gasteiger partial charge is 0.471 e. The maximum Gasteiger partial charge on any atom is 0.471 e. The van der Waals surface area contributed by atoms with Gasteiger partial charge < -0.3 is 9.88 Å². The Labute approximate surface area is 179 Å². The fraction of sp³-hybridized carbons (Fsp3) is 0.417. The number of halogens is 3. The van der Waals surface area contributed by atoms with Crippen molar-refractivity contribution in [1.82, 2.24) is 14.9 Å². The Balaban J connectivity index is 1.64. The van der Waals surface area contributed by atoms with Crippen LogP contribution >= 0.6 is 0 Å². The van der Waals surface area contributed by atoms with Gasteiger partial charge in [-0.15, -0.1) is 0 Å². The quantitative estimate of drug-likeness (QED) is 0.561. The number of piperidine rings is 1. The number of hydrogen-bond acceptors (Lipinski definition) is 2. The molecule has 7 heteroatoms. The van der Waals surface area contributed by atoms with Crippen molar-refractivity contribution in [2.45, 2.75) is 51.6 Å². The van der Waals surface area contributed by atoms with Gasteiger partial charge in [-0.25, -0.2) is 0 Å². The number of benzene rings is 1. The van der Waals surface area contributed by atoms with Crippen LogP contribution in [0.3, 0.4) is 0 Å². The van der Waals surface area contributed by atoms with Crippen LogP contribution in [0.1, 0.15) is 55.3 Å². The monoisotopic (exact) mass is 429 g/mol. The third kappa shape index (κ3) is 4.18. The van der Waals surface area contributed by atoms with Crippen LogP contribution in [-0.2, 0) is 4.79 Å². The summed E-state index contributed by atoms with van der Waals surface area (Å²) < 4.78 is 38.2. The molecule has 0 atom stereocenters. The molecule has 3 aromatic rings. The van der Waals surface area contributed by atoms with Gasteiger partial charge in [-0.1, -0.05) is 19.9 Å². The van der Waals surface area contributed by atoms with Crippen LogP contribution in [0.5, 0.6) is 0 Å². The van der Waals surface area contributed by atoms with E-state index in [-0.39, 0.29) is 19.0 Å². The molecule has 1 aliphatic heterocycles. The minimum absolute atomic E-state index is 0.132. The molecule has 0 spiro atoms. The molecule has 1 aliphatic rings. The summed E-state index contributed by atoms with van der Waals surface area (Å²) in [4.78, 5) is 20.3. The highest BCUT2D eigenvalue weighted by atomic mass is 19.4. The van der Waals surface area contributed by atoms with E-state index in [1.165, 1.54) is 5.56 Å². The Bertz CT molecular complexity index is 1110. The highest BCUT2D eigenvalue weighted by molar-refractivity contribution is 5.92. The number of carbonyl (C=O) groups excluding carboxylic acids is 1. The number of likely N-dealkylation sites (tertiary alicyclic amines) is 1. The standard InChI is InChI=1S/C24H26F3N3O/c1-14(2)21-19-13-17(16-7-10-30(11-8-16)23(31)24(25,26)27)4-5-20(19)29-22(21)18-6-9-28-15(3)12-18/h4-6,9,12-14,16,29H,7-8,10-11H2,1-3H3. The zero-order valence-corrected chi connectivity index (χ0v) is 17.9. The van der Waals surface area contributed by atoms with Crippen LogP contribution < -0.4 is 0 Å². The number of hydrogen-bond donors (Lipinski definition) is 1. The predicted molar refractivity (Wildman–Crippen MR) is 115 cm³/mol. The summed E-state index contributed by atoms with van der Waals surface area (Å²) in [5.74, 6) is -1.30. The van der Waals surface area contributed by atoms with E-state index < -0.39 is 12.1 Å². The summed E-state index contributed by atoms with van der Waals surface area (Å²) in [6.45, 7) is 6.55. The third-order valence-electron chi connectivity index (χ3n) is 6.12. The smallest absolute Gasteiger partial charge is 0.354 e. The maximum atomic E-state index is 12.7. The Morgan fingerprint density at radius 3 is 2.48 bits per heavy atom. The normalized spacial score (nSPS) is 15.8. The van der Waals surface area contributed by atoms with Gasteiger partial charge in [-0.3, -0.25) is 9.78 Å². The van der Waals surface area contributed by atoms with Gasteiger partial charge in [0, 0.05) is 41.4 Å². The van der Waals surface area contributed by atoms with E-state index >= 15 is 0 Å². The van der Waals surface area contributed by atoms with E-state index in [9.17, 15) is 18.0 Å². The highest BCUT2D eigenvalue weighted by Gasteiger charge is 2.43. The Hall–Kier alpha value is -2.83. The number of nitrogens with one attached hydrogen (secondary N) is 1. The van der Waals surface area contributed by atoms with Crippen LogP contribution in [-0.4, -0.2) is 40.0 Å². The van der Waals surface area contributed by atoms with Gasteiger partial charge in [0.05, 0.1) is 5.69 Å². The molecule has 3 heterocycles. The topological polar surface area (TPSA) is 49.0 Å². The molecule has 1 fully saturated rings. The third-order valence-corrected chi connectivity index (χ3v) is 6.12. The van der Waals surface area contributed by atoms with Gasteiger partial charge in [0.25, 0.3) is 0 Å². The molecule has 1 amide bonds. The summed E-state index contributed by atoms with van der Waals surface area (Å²) in [5, 5.41) is 1.14. The number of rotatable bonds is 3. The number of aryl methyl sites for hydroxylation is 1.